The molecule has 0 unspecified atom stereocenters. The molecular formula is C34H60O17. The van der Waals surface area contributed by atoms with E-state index in [2.05, 4.69) is 0 Å². The summed E-state index contributed by atoms with van der Waals surface area (Å²) in [5.41, 5.74) is 0. The van der Waals surface area contributed by atoms with Crippen LogP contribution in [0.15, 0.2) is 0 Å². The van der Waals surface area contributed by atoms with E-state index >= 15 is 0 Å². The largest absolute Gasteiger partial charge is 0.462 e. The van der Waals surface area contributed by atoms with Crippen molar-refractivity contribution in [3.8, 4) is 0 Å². The van der Waals surface area contributed by atoms with E-state index in [1.807, 2.05) is 27.7 Å². The van der Waals surface area contributed by atoms with Crippen molar-refractivity contribution < 1.29 is 83.6 Å². The lowest BCUT2D eigenvalue weighted by Crippen LogP contribution is -2.62. The minimum absolute atomic E-state index is 0.0307. The Balaban J connectivity index is 1.52. The fourth-order valence-electron chi connectivity index (χ4n) is 6.18. The molecule has 0 spiro atoms. The monoisotopic (exact) mass is 740 g/mol. The molecule has 3 aliphatic heterocycles. The summed E-state index contributed by atoms with van der Waals surface area (Å²) >= 11 is 0. The second-order valence-electron chi connectivity index (χ2n) is 14.2. The molecule has 0 aliphatic carbocycles. The predicted octanol–water partition coefficient (Wildman–Crippen LogP) is -1.36. The van der Waals surface area contributed by atoms with Crippen molar-refractivity contribution in [3.63, 3.8) is 0 Å². The SMILES string of the molecule is CC[C@H](C)[C@H](C[C@H](O)CC(=O)O[C@H]1CCOC[C@@H]1O[C@@H]1O[C@@H](C)[C@H](O[C@@H]2OC[C@@H](O)[C@H](O)[C@H]2O)[C@@H](O)[C@H]1O)OC(=O)C[C@@H](O)C[C@H](O)[C@@H](C)CC. The summed E-state index contributed by atoms with van der Waals surface area (Å²) in [6.07, 6.45) is -17.5. The van der Waals surface area contributed by atoms with Gasteiger partial charge in [0, 0.05) is 19.3 Å². The van der Waals surface area contributed by atoms with E-state index in [0.717, 1.165) is 6.42 Å². The van der Waals surface area contributed by atoms with Crippen LogP contribution < -0.4 is 0 Å². The maximum Gasteiger partial charge on any atom is 0.308 e. The van der Waals surface area contributed by atoms with Crippen LogP contribution in [0.1, 0.15) is 79.6 Å². The van der Waals surface area contributed by atoms with Crippen molar-refractivity contribution in [2.24, 2.45) is 11.8 Å². The first-order valence-corrected chi connectivity index (χ1v) is 18.0. The van der Waals surface area contributed by atoms with E-state index < -0.39 is 110 Å². The van der Waals surface area contributed by atoms with Crippen molar-refractivity contribution in [1.82, 2.24) is 0 Å². The van der Waals surface area contributed by atoms with Gasteiger partial charge >= 0.3 is 11.9 Å². The lowest BCUT2D eigenvalue weighted by atomic mass is 9.95. The molecule has 0 saturated carbocycles. The molecule has 0 bridgehead atoms. The fraction of sp³-hybridized carbons (Fsp3) is 0.941. The van der Waals surface area contributed by atoms with Crippen LogP contribution in [0.4, 0.5) is 0 Å². The summed E-state index contributed by atoms with van der Waals surface area (Å²) in [5.74, 6) is -1.63. The van der Waals surface area contributed by atoms with Gasteiger partial charge in [-0.3, -0.25) is 9.59 Å². The van der Waals surface area contributed by atoms with Crippen LogP contribution in [0.25, 0.3) is 0 Å². The Morgan fingerprint density at radius 2 is 1.39 bits per heavy atom. The minimum Gasteiger partial charge on any atom is -0.462 e. The average Bonchev–Trinajstić information content (AvgIpc) is 3.08. The summed E-state index contributed by atoms with van der Waals surface area (Å²) in [7, 11) is 0. The maximum atomic E-state index is 13.0. The van der Waals surface area contributed by atoms with Gasteiger partial charge < -0.3 is 74.0 Å². The van der Waals surface area contributed by atoms with Gasteiger partial charge in [-0.2, -0.15) is 0 Å². The van der Waals surface area contributed by atoms with E-state index in [1.54, 1.807) is 0 Å². The van der Waals surface area contributed by atoms with Gasteiger partial charge in [0.2, 0.25) is 0 Å². The van der Waals surface area contributed by atoms with Crippen LogP contribution in [0.2, 0.25) is 0 Å². The minimum atomic E-state index is -1.66. The molecule has 298 valence electrons. The van der Waals surface area contributed by atoms with Gasteiger partial charge in [-0.25, -0.2) is 0 Å². The second kappa shape index (κ2) is 20.8. The normalized spacial score (nSPS) is 36.7. The number of hydrogen-bond acceptors (Lipinski definition) is 17. The maximum absolute atomic E-state index is 13.0. The zero-order valence-corrected chi connectivity index (χ0v) is 30.1. The highest BCUT2D eigenvalue weighted by Gasteiger charge is 2.49. The first-order valence-electron chi connectivity index (χ1n) is 18.0. The molecular weight excluding hydrogens is 680 g/mol. The van der Waals surface area contributed by atoms with Crippen LogP contribution >= 0.6 is 0 Å². The van der Waals surface area contributed by atoms with Gasteiger partial charge in [-0.1, -0.05) is 40.5 Å². The third kappa shape index (κ3) is 12.8. The molecule has 0 radical (unpaired) electrons. The first-order chi connectivity index (χ1) is 24.1. The summed E-state index contributed by atoms with van der Waals surface area (Å²) in [6, 6.07) is 0. The molecule has 8 N–H and O–H groups in total. The summed E-state index contributed by atoms with van der Waals surface area (Å²) < 4.78 is 39.3. The number of aliphatic hydroxyl groups is 8. The molecule has 3 heterocycles. The lowest BCUT2D eigenvalue weighted by molar-refractivity contribution is -0.353. The highest BCUT2D eigenvalue weighted by Crippen LogP contribution is 2.30. The molecule has 17 nitrogen and oxygen atoms in total. The molecule has 0 aromatic rings. The van der Waals surface area contributed by atoms with Crippen molar-refractivity contribution >= 4 is 11.9 Å². The standard InChI is InChI=1S/C34H60O17/c1-6-16(3)21(37)10-19(35)12-27(40)49-24(17(4)7-2)11-20(36)13-26(39)48-23-8-9-45-15-25(23)50-34-31(44)29(42)32(18(5)47-34)51-33-30(43)28(41)22(38)14-46-33/h16-25,28-38,41-44H,6-15H2,1-5H3/t16-,17-,18-,19-,20-,21-,22+,23-,24-,25-,28-,29-,30+,31+,32-,33-,34-/m0/s1. The average molecular weight is 741 g/mol. The van der Waals surface area contributed by atoms with Gasteiger partial charge in [0.15, 0.2) is 12.6 Å². The van der Waals surface area contributed by atoms with Crippen LogP contribution in [-0.2, 0) is 42.7 Å². The number of esters is 2. The number of carbonyl (C=O) groups is 2. The summed E-state index contributed by atoms with van der Waals surface area (Å²) in [6.45, 7) is 8.91. The molecule has 3 rings (SSSR count). The molecule has 17 atom stereocenters. The molecule has 3 aliphatic rings. The van der Waals surface area contributed by atoms with Crippen LogP contribution in [0.3, 0.4) is 0 Å². The topological polar surface area (TPSA) is 261 Å². The van der Waals surface area contributed by atoms with E-state index in [9.17, 15) is 50.4 Å². The quantitative estimate of drug-likeness (QED) is 0.0755. The smallest absolute Gasteiger partial charge is 0.308 e. The highest BCUT2D eigenvalue weighted by molar-refractivity contribution is 5.71. The van der Waals surface area contributed by atoms with Gasteiger partial charge in [0.25, 0.3) is 0 Å². The van der Waals surface area contributed by atoms with E-state index in [0.29, 0.717) is 6.42 Å². The predicted molar refractivity (Wildman–Crippen MR) is 174 cm³/mol. The molecule has 51 heavy (non-hydrogen) atoms. The molecule has 0 aromatic carbocycles. The molecule has 3 saturated heterocycles. The zero-order valence-electron chi connectivity index (χ0n) is 30.1. The lowest BCUT2D eigenvalue weighted by Gasteiger charge is -2.45. The van der Waals surface area contributed by atoms with Gasteiger partial charge in [-0.15, -0.1) is 0 Å². The van der Waals surface area contributed by atoms with Crippen LogP contribution in [0, 0.1) is 11.8 Å². The summed E-state index contributed by atoms with van der Waals surface area (Å²) in [5, 5.41) is 82.8. The van der Waals surface area contributed by atoms with Crippen molar-refractivity contribution in [2.75, 3.05) is 19.8 Å². The van der Waals surface area contributed by atoms with Crippen molar-refractivity contribution in [3.05, 3.63) is 0 Å². The Morgan fingerprint density at radius 3 is 2.06 bits per heavy atom. The fourth-order valence-corrected chi connectivity index (χ4v) is 6.18. The van der Waals surface area contributed by atoms with Gasteiger partial charge in [-0.05, 0) is 18.8 Å². The zero-order chi connectivity index (χ0) is 38.0. The molecule has 0 amide bonds. The van der Waals surface area contributed by atoms with Crippen molar-refractivity contribution in [2.45, 2.75) is 171 Å². The van der Waals surface area contributed by atoms with E-state index in [1.165, 1.54) is 6.92 Å². The van der Waals surface area contributed by atoms with Gasteiger partial charge in [0.05, 0.1) is 57.1 Å². The first kappa shape index (κ1) is 43.8. The Bertz CT molecular complexity index is 1050. The van der Waals surface area contributed by atoms with Gasteiger partial charge in [0.1, 0.15) is 54.9 Å². The summed E-state index contributed by atoms with van der Waals surface area (Å²) in [4.78, 5) is 25.6. The van der Waals surface area contributed by atoms with Crippen LogP contribution in [-0.4, -0.2) is 165 Å². The molecule has 17 heteroatoms. The Kier molecular flexibility index (Phi) is 17.8. The number of aliphatic hydroxyl groups excluding tert-OH is 8. The highest BCUT2D eigenvalue weighted by atomic mass is 16.7. The Morgan fingerprint density at radius 1 is 0.765 bits per heavy atom. The molecule has 3 fully saturated rings. The number of rotatable bonds is 18. The number of ether oxygens (including phenoxy) is 7. The second-order valence-corrected chi connectivity index (χ2v) is 14.2. The molecule has 0 aromatic heterocycles. The number of hydrogen-bond donors (Lipinski definition) is 8. The van der Waals surface area contributed by atoms with Crippen molar-refractivity contribution in [1.29, 1.82) is 0 Å². The van der Waals surface area contributed by atoms with E-state index in [4.69, 9.17) is 33.2 Å². The Labute approximate surface area is 298 Å². The third-order valence-electron chi connectivity index (χ3n) is 10.0. The third-order valence-corrected chi connectivity index (χ3v) is 10.0. The number of carbonyl (C=O) groups excluding carboxylic acids is 2. The van der Waals surface area contributed by atoms with E-state index in [-0.39, 0.29) is 57.3 Å². The Hall–Kier alpha value is -1.58. The van der Waals surface area contributed by atoms with Crippen LogP contribution in [0.5, 0.6) is 0 Å².